The van der Waals surface area contributed by atoms with Gasteiger partial charge in [0.15, 0.2) is 0 Å². The Bertz CT molecular complexity index is 233. The Hall–Kier alpha value is -1.06. The van der Waals surface area contributed by atoms with Crippen molar-refractivity contribution in [2.45, 2.75) is 32.4 Å². The molecule has 1 saturated heterocycles. The molecule has 1 atom stereocenters. The average Bonchev–Trinajstić information content (AvgIpc) is 1.99. The third-order valence-corrected chi connectivity index (χ3v) is 2.44. The Morgan fingerprint density at radius 3 is 2.42 bits per heavy atom. The summed E-state index contributed by atoms with van der Waals surface area (Å²) < 4.78 is 0. The third-order valence-electron chi connectivity index (χ3n) is 2.44. The highest BCUT2D eigenvalue weighted by Gasteiger charge is 2.42. The van der Waals surface area contributed by atoms with E-state index in [4.69, 9.17) is 0 Å². The predicted octanol–water partition coefficient (Wildman–Crippen LogP) is -0.258. The van der Waals surface area contributed by atoms with Crippen molar-refractivity contribution in [3.63, 3.8) is 0 Å². The Kier molecular flexibility index (Phi) is 1.86. The van der Waals surface area contributed by atoms with Gasteiger partial charge in [0.25, 0.3) is 0 Å². The van der Waals surface area contributed by atoms with Gasteiger partial charge in [-0.2, -0.15) is 0 Å². The number of likely N-dealkylation sites (N-methyl/N-ethyl adjacent to an activating group) is 1. The summed E-state index contributed by atoms with van der Waals surface area (Å²) in [6, 6.07) is -0.393. The lowest BCUT2D eigenvalue weighted by Gasteiger charge is -2.41. The highest BCUT2D eigenvalue weighted by Crippen LogP contribution is 2.18. The van der Waals surface area contributed by atoms with Gasteiger partial charge in [0.05, 0.1) is 0 Å². The van der Waals surface area contributed by atoms with Crippen molar-refractivity contribution in [3.05, 3.63) is 0 Å². The highest BCUT2D eigenvalue weighted by molar-refractivity contribution is 5.98. The van der Waals surface area contributed by atoms with E-state index in [1.54, 1.807) is 27.8 Å². The summed E-state index contributed by atoms with van der Waals surface area (Å²) >= 11 is 0. The summed E-state index contributed by atoms with van der Waals surface area (Å²) in [4.78, 5) is 24.3. The lowest BCUT2D eigenvalue weighted by atomic mass is 9.97. The van der Waals surface area contributed by atoms with Crippen LogP contribution in [-0.4, -0.2) is 35.3 Å². The van der Waals surface area contributed by atoms with Crippen molar-refractivity contribution in [1.29, 1.82) is 0 Å². The summed E-state index contributed by atoms with van der Waals surface area (Å²) in [5, 5.41) is 2.62. The maximum atomic E-state index is 11.4. The van der Waals surface area contributed by atoms with E-state index in [1.807, 2.05) is 0 Å². The highest BCUT2D eigenvalue weighted by atomic mass is 16.2. The first-order valence-electron chi connectivity index (χ1n) is 3.96. The molecule has 1 N–H and O–H groups in total. The molecule has 0 saturated carbocycles. The normalized spacial score (nSPS) is 28.7. The van der Waals surface area contributed by atoms with Gasteiger partial charge in [-0.1, -0.05) is 0 Å². The second-order valence-corrected chi connectivity index (χ2v) is 3.65. The minimum absolute atomic E-state index is 0.0420. The number of nitrogens with zero attached hydrogens (tertiary/aromatic N) is 1. The number of carbonyl (C=O) groups excluding carboxylic acids is 2. The fourth-order valence-electron chi connectivity index (χ4n) is 1.15. The van der Waals surface area contributed by atoms with Gasteiger partial charge in [-0.05, 0) is 20.8 Å². The molecule has 0 radical (unpaired) electrons. The van der Waals surface area contributed by atoms with Crippen LogP contribution in [0.2, 0.25) is 0 Å². The van der Waals surface area contributed by atoms with E-state index < -0.39 is 11.6 Å². The van der Waals surface area contributed by atoms with Crippen LogP contribution >= 0.6 is 0 Å². The van der Waals surface area contributed by atoms with Crippen molar-refractivity contribution in [1.82, 2.24) is 10.2 Å². The predicted molar refractivity (Wildman–Crippen MR) is 44.5 cm³/mol. The summed E-state index contributed by atoms with van der Waals surface area (Å²) in [5.41, 5.74) is -0.719. The number of carbonyl (C=O) groups is 2. The largest absolute Gasteiger partial charge is 0.343 e. The van der Waals surface area contributed by atoms with Gasteiger partial charge < -0.3 is 10.2 Å². The van der Waals surface area contributed by atoms with Gasteiger partial charge in [0.2, 0.25) is 11.8 Å². The van der Waals surface area contributed by atoms with Crippen molar-refractivity contribution < 1.29 is 9.59 Å². The van der Waals surface area contributed by atoms with Gasteiger partial charge in [0, 0.05) is 7.05 Å². The minimum Gasteiger partial charge on any atom is -0.343 e. The van der Waals surface area contributed by atoms with Crippen LogP contribution in [0.1, 0.15) is 20.8 Å². The molecule has 1 rings (SSSR count). The van der Waals surface area contributed by atoms with Crippen molar-refractivity contribution in [2.75, 3.05) is 7.05 Å². The maximum Gasteiger partial charge on any atom is 0.246 e. The Labute approximate surface area is 71.9 Å². The Morgan fingerprint density at radius 2 is 1.92 bits per heavy atom. The molecule has 4 nitrogen and oxygen atoms in total. The molecular weight excluding hydrogens is 156 g/mol. The number of rotatable bonds is 0. The van der Waals surface area contributed by atoms with Gasteiger partial charge >= 0.3 is 0 Å². The number of hydrogen-bond donors (Lipinski definition) is 1. The zero-order valence-corrected chi connectivity index (χ0v) is 7.84. The number of amides is 2. The van der Waals surface area contributed by atoms with Crippen LogP contribution in [0.3, 0.4) is 0 Å². The van der Waals surface area contributed by atoms with E-state index >= 15 is 0 Å². The minimum atomic E-state index is -0.719. The molecular formula is C8H14N2O2. The molecule has 0 spiro atoms. The molecule has 1 aliphatic rings. The Morgan fingerprint density at radius 1 is 1.42 bits per heavy atom. The van der Waals surface area contributed by atoms with E-state index in [1.165, 1.54) is 4.90 Å². The smallest absolute Gasteiger partial charge is 0.246 e. The SMILES string of the molecule is CC1NC(=O)C(C)(C)N(C)C1=O. The summed E-state index contributed by atoms with van der Waals surface area (Å²) in [6.07, 6.45) is 0. The van der Waals surface area contributed by atoms with Crippen molar-refractivity contribution >= 4 is 11.8 Å². The lowest BCUT2D eigenvalue weighted by Crippen LogP contribution is -2.66. The van der Waals surface area contributed by atoms with Crippen LogP contribution in [0.5, 0.6) is 0 Å². The zero-order valence-electron chi connectivity index (χ0n) is 7.84. The molecule has 68 valence electrons. The molecule has 4 heteroatoms. The zero-order chi connectivity index (χ0) is 9.52. The van der Waals surface area contributed by atoms with E-state index in [9.17, 15) is 9.59 Å². The van der Waals surface area contributed by atoms with E-state index in [0.29, 0.717) is 0 Å². The van der Waals surface area contributed by atoms with E-state index in [2.05, 4.69) is 5.32 Å². The molecule has 1 fully saturated rings. The first-order chi connectivity index (χ1) is 5.37. The fraction of sp³-hybridized carbons (Fsp3) is 0.750. The van der Waals surface area contributed by atoms with Crippen LogP contribution in [0.25, 0.3) is 0 Å². The quantitative estimate of drug-likeness (QED) is 0.544. The molecule has 2 amide bonds. The first-order valence-corrected chi connectivity index (χ1v) is 3.96. The summed E-state index contributed by atoms with van der Waals surface area (Å²) in [7, 11) is 1.65. The third kappa shape index (κ3) is 1.07. The summed E-state index contributed by atoms with van der Waals surface area (Å²) in [6.45, 7) is 5.14. The molecule has 12 heavy (non-hydrogen) atoms. The monoisotopic (exact) mass is 170 g/mol. The molecule has 0 aromatic carbocycles. The molecule has 0 aliphatic carbocycles. The van der Waals surface area contributed by atoms with Gasteiger partial charge in [-0.15, -0.1) is 0 Å². The van der Waals surface area contributed by atoms with Crippen molar-refractivity contribution in [2.24, 2.45) is 0 Å². The van der Waals surface area contributed by atoms with Crippen LogP contribution in [-0.2, 0) is 9.59 Å². The number of piperazine rings is 1. The molecule has 1 unspecified atom stereocenters. The number of nitrogens with one attached hydrogen (secondary N) is 1. The average molecular weight is 170 g/mol. The van der Waals surface area contributed by atoms with E-state index in [-0.39, 0.29) is 11.8 Å². The molecule has 1 heterocycles. The van der Waals surface area contributed by atoms with Crippen LogP contribution in [0.15, 0.2) is 0 Å². The topological polar surface area (TPSA) is 49.4 Å². The van der Waals surface area contributed by atoms with E-state index in [0.717, 1.165) is 0 Å². The summed E-state index contributed by atoms with van der Waals surface area (Å²) in [5.74, 6) is -0.142. The van der Waals surface area contributed by atoms with Crippen LogP contribution in [0, 0.1) is 0 Å². The Balaban J connectivity index is 2.95. The van der Waals surface area contributed by atoms with Crippen molar-refractivity contribution in [3.8, 4) is 0 Å². The first kappa shape index (κ1) is 9.03. The van der Waals surface area contributed by atoms with Gasteiger partial charge in [-0.3, -0.25) is 9.59 Å². The fourth-order valence-corrected chi connectivity index (χ4v) is 1.15. The van der Waals surface area contributed by atoms with Crippen LogP contribution in [0.4, 0.5) is 0 Å². The molecule has 0 bridgehead atoms. The standard InChI is InChI=1S/C8H14N2O2/c1-5-6(11)10(4)8(2,3)7(12)9-5/h5H,1-4H3,(H,9,12). The number of hydrogen-bond acceptors (Lipinski definition) is 2. The second-order valence-electron chi connectivity index (χ2n) is 3.65. The van der Waals surface area contributed by atoms with Gasteiger partial charge in [-0.25, -0.2) is 0 Å². The lowest BCUT2D eigenvalue weighted by molar-refractivity contribution is -0.152. The molecule has 0 aromatic heterocycles. The second kappa shape index (κ2) is 2.47. The molecule has 0 aromatic rings. The molecule has 1 aliphatic heterocycles. The maximum absolute atomic E-state index is 11.4. The van der Waals surface area contributed by atoms with Crippen LogP contribution < -0.4 is 5.32 Å². The van der Waals surface area contributed by atoms with Gasteiger partial charge in [0.1, 0.15) is 11.6 Å².